The SMILES string of the molecule is O=C(O)CC(CC(F)(F)C(F)(F)C(F)(F)C(F)F)(CC(F)(F)C(F)(F)C(F)(F)C(F)F)C(=O)OS(=O)(=O)O. The minimum atomic E-state index is -7.53. The third-order valence-electron chi connectivity index (χ3n) is 4.53. The first kappa shape index (κ1) is 35.7. The molecular formula is C14H10F16O7S. The molecule has 226 valence electrons. The maximum absolute atomic E-state index is 14.2. The molecule has 7 nitrogen and oxygen atoms in total. The maximum atomic E-state index is 14.2. The number of rotatable bonds is 14. The summed E-state index contributed by atoms with van der Waals surface area (Å²) in [5.41, 5.74) is -5.34. The number of alkyl halides is 16. The summed E-state index contributed by atoms with van der Waals surface area (Å²) < 4.78 is 245. The second kappa shape index (κ2) is 10.4. The molecule has 0 aliphatic heterocycles. The highest BCUT2D eigenvalue weighted by molar-refractivity contribution is 7.81. The molecule has 38 heavy (non-hydrogen) atoms. The zero-order valence-electron chi connectivity index (χ0n) is 17.2. The van der Waals surface area contributed by atoms with Crippen molar-refractivity contribution in [3.8, 4) is 0 Å². The van der Waals surface area contributed by atoms with E-state index in [0.29, 0.717) is 0 Å². The van der Waals surface area contributed by atoms with Gasteiger partial charge in [0.05, 0.1) is 11.8 Å². The molecule has 0 amide bonds. The first-order chi connectivity index (χ1) is 16.3. The molecule has 0 radical (unpaired) electrons. The van der Waals surface area contributed by atoms with Crippen LogP contribution in [0.25, 0.3) is 0 Å². The fraction of sp³-hybridized carbons (Fsp3) is 0.857. The summed E-state index contributed by atoms with van der Waals surface area (Å²) in [6.07, 6.45) is -22.8. The van der Waals surface area contributed by atoms with Crippen LogP contribution in [-0.4, -0.2) is 78.4 Å². The number of carbonyl (C=O) groups excluding carboxylic acids is 1. The third-order valence-corrected chi connectivity index (χ3v) is 4.89. The maximum Gasteiger partial charge on any atom is 0.448 e. The van der Waals surface area contributed by atoms with Crippen LogP contribution in [0.5, 0.6) is 0 Å². The molecule has 0 heterocycles. The van der Waals surface area contributed by atoms with E-state index < -0.39 is 95.4 Å². The molecule has 24 heteroatoms. The molecule has 0 aromatic heterocycles. The summed E-state index contributed by atoms with van der Waals surface area (Å²) in [5, 5.41) is 8.67. The van der Waals surface area contributed by atoms with E-state index in [4.69, 9.17) is 9.66 Å². The minimum absolute atomic E-state index is 2.79. The van der Waals surface area contributed by atoms with Gasteiger partial charge in [0.15, 0.2) is 0 Å². The highest BCUT2D eigenvalue weighted by atomic mass is 32.3. The molecule has 0 aromatic carbocycles. The zero-order chi connectivity index (χ0) is 31.1. The normalized spacial score (nSPS) is 15.2. The number of carboxylic acids is 1. The molecule has 0 aliphatic rings. The van der Waals surface area contributed by atoms with Gasteiger partial charge >= 0.3 is 70.7 Å². The van der Waals surface area contributed by atoms with Gasteiger partial charge in [0.2, 0.25) is 0 Å². The topological polar surface area (TPSA) is 118 Å². The van der Waals surface area contributed by atoms with Crippen molar-refractivity contribution in [2.24, 2.45) is 5.41 Å². The summed E-state index contributed by atoms with van der Waals surface area (Å²) in [6.45, 7) is 0. The first-order valence-electron chi connectivity index (χ1n) is 8.61. The van der Waals surface area contributed by atoms with Gasteiger partial charge in [0.1, 0.15) is 0 Å². The Labute approximate surface area is 198 Å². The number of halogens is 16. The molecule has 0 aliphatic carbocycles. The van der Waals surface area contributed by atoms with Crippen LogP contribution in [-0.2, 0) is 24.2 Å². The average Bonchev–Trinajstić information content (AvgIpc) is 2.64. The van der Waals surface area contributed by atoms with E-state index in [1.807, 2.05) is 0 Å². The molecule has 0 fully saturated rings. The minimum Gasteiger partial charge on any atom is -0.481 e. The highest BCUT2D eigenvalue weighted by Gasteiger charge is 2.80. The lowest BCUT2D eigenvalue weighted by atomic mass is 9.71. The standard InChI is InChI=1S/C14H10F16O7S/c15-5(16)11(23,24)13(27,28)9(19,20)2-8(1-4(31)32,7(33)37-38(34,35)36)3-10(21,22)14(29,30)12(25,26)6(17)18/h5-6H,1-3H2,(H,31,32)(H,34,35,36). The number of carbonyl (C=O) groups is 2. The van der Waals surface area contributed by atoms with E-state index in [1.54, 1.807) is 0 Å². The van der Waals surface area contributed by atoms with E-state index >= 15 is 0 Å². The summed E-state index contributed by atoms with van der Waals surface area (Å²) in [6, 6.07) is 0. The van der Waals surface area contributed by atoms with Crippen molar-refractivity contribution in [1.29, 1.82) is 0 Å². The monoisotopic (exact) mass is 626 g/mol. The van der Waals surface area contributed by atoms with Gasteiger partial charge in [-0.3, -0.25) is 14.1 Å². The molecule has 0 saturated carbocycles. The van der Waals surface area contributed by atoms with Crippen LogP contribution in [0, 0.1) is 5.41 Å². The Kier molecular flexibility index (Phi) is 9.75. The van der Waals surface area contributed by atoms with E-state index in [2.05, 4.69) is 4.18 Å². The summed E-state index contributed by atoms with van der Waals surface area (Å²) in [7, 11) is -6.55. The molecule has 0 aromatic rings. The molecule has 0 saturated heterocycles. The van der Waals surface area contributed by atoms with E-state index in [0.717, 1.165) is 0 Å². The first-order valence-corrected chi connectivity index (χ1v) is 9.97. The van der Waals surface area contributed by atoms with Crippen LogP contribution in [0.3, 0.4) is 0 Å². The Bertz CT molecular complexity index is 948. The molecule has 0 bridgehead atoms. The fourth-order valence-electron chi connectivity index (χ4n) is 2.71. The lowest BCUT2D eigenvalue weighted by molar-refractivity contribution is -0.354. The van der Waals surface area contributed by atoms with Crippen molar-refractivity contribution in [3.63, 3.8) is 0 Å². The van der Waals surface area contributed by atoms with Crippen molar-refractivity contribution in [2.75, 3.05) is 0 Å². The van der Waals surface area contributed by atoms with Crippen LogP contribution in [0.4, 0.5) is 70.2 Å². The van der Waals surface area contributed by atoms with Crippen molar-refractivity contribution < 1.29 is 102 Å². The lowest BCUT2D eigenvalue weighted by Crippen LogP contribution is -2.62. The lowest BCUT2D eigenvalue weighted by Gasteiger charge is -2.41. The van der Waals surface area contributed by atoms with Gasteiger partial charge in [-0.25, -0.2) is 17.6 Å². The summed E-state index contributed by atoms with van der Waals surface area (Å²) in [4.78, 5) is 22.9. The molecule has 0 rings (SSSR count). The van der Waals surface area contributed by atoms with E-state index in [9.17, 15) is 88.3 Å². The van der Waals surface area contributed by atoms with Crippen molar-refractivity contribution in [1.82, 2.24) is 0 Å². The molecular weight excluding hydrogens is 616 g/mol. The van der Waals surface area contributed by atoms with Gasteiger partial charge in [-0.1, -0.05) is 0 Å². The van der Waals surface area contributed by atoms with E-state index in [-0.39, 0.29) is 0 Å². The van der Waals surface area contributed by atoms with Gasteiger partial charge in [0.25, 0.3) is 0 Å². The van der Waals surface area contributed by atoms with Crippen LogP contribution in [0.15, 0.2) is 0 Å². The number of aliphatic carboxylic acids is 1. The molecule has 0 spiro atoms. The second-order valence-electron chi connectivity index (χ2n) is 7.41. The Morgan fingerprint density at radius 3 is 1.18 bits per heavy atom. The summed E-state index contributed by atoms with van der Waals surface area (Å²) >= 11 is 0. The second-order valence-corrected chi connectivity index (χ2v) is 8.43. The van der Waals surface area contributed by atoms with Gasteiger partial charge in [-0.2, -0.15) is 61.1 Å². The Balaban J connectivity index is 7.37. The van der Waals surface area contributed by atoms with Crippen molar-refractivity contribution >= 4 is 22.3 Å². The Morgan fingerprint density at radius 2 is 0.974 bits per heavy atom. The van der Waals surface area contributed by atoms with Crippen LogP contribution in [0.1, 0.15) is 19.3 Å². The predicted molar refractivity (Wildman–Crippen MR) is 83.3 cm³/mol. The zero-order valence-corrected chi connectivity index (χ0v) is 18.0. The Morgan fingerprint density at radius 1 is 0.684 bits per heavy atom. The number of carboxylic acid groups (broad SMARTS) is 1. The quantitative estimate of drug-likeness (QED) is 0.208. The molecule has 2 N–H and O–H groups in total. The van der Waals surface area contributed by atoms with Gasteiger partial charge < -0.3 is 9.29 Å². The van der Waals surface area contributed by atoms with E-state index in [1.165, 1.54) is 0 Å². The van der Waals surface area contributed by atoms with Crippen molar-refractivity contribution in [3.05, 3.63) is 0 Å². The average molecular weight is 626 g/mol. The highest BCUT2D eigenvalue weighted by Crippen LogP contribution is 2.58. The van der Waals surface area contributed by atoms with Gasteiger partial charge in [-0.05, 0) is 0 Å². The number of hydrogen-bond donors (Lipinski definition) is 2. The molecule has 0 unspecified atom stereocenters. The number of hydrogen-bond acceptors (Lipinski definition) is 5. The van der Waals surface area contributed by atoms with Crippen LogP contribution >= 0.6 is 0 Å². The third kappa shape index (κ3) is 6.65. The summed E-state index contributed by atoms with van der Waals surface area (Å²) in [5.74, 6) is -50.4. The Hall–Kier alpha value is -2.27. The van der Waals surface area contributed by atoms with Crippen molar-refractivity contribution in [2.45, 2.75) is 67.6 Å². The smallest absolute Gasteiger partial charge is 0.448 e. The van der Waals surface area contributed by atoms with Crippen LogP contribution in [0.2, 0.25) is 0 Å². The fourth-order valence-corrected chi connectivity index (χ4v) is 3.08. The largest absolute Gasteiger partial charge is 0.481 e. The van der Waals surface area contributed by atoms with Gasteiger partial charge in [0, 0.05) is 12.8 Å². The molecule has 0 atom stereocenters. The van der Waals surface area contributed by atoms with Crippen LogP contribution < -0.4 is 0 Å². The van der Waals surface area contributed by atoms with Gasteiger partial charge in [-0.15, -0.1) is 0 Å². The predicted octanol–water partition coefficient (Wildman–Crippen LogP) is 4.92.